The lowest BCUT2D eigenvalue weighted by molar-refractivity contribution is -0.145. The van der Waals surface area contributed by atoms with Crippen LogP contribution in [-0.4, -0.2) is 5.97 Å². The molecule has 1 aromatic rings. The summed E-state index contributed by atoms with van der Waals surface area (Å²) in [6.45, 7) is 3.88. The summed E-state index contributed by atoms with van der Waals surface area (Å²) >= 11 is 0. The number of benzene rings is 1. The second-order valence-corrected chi connectivity index (χ2v) is 4.36. The van der Waals surface area contributed by atoms with Crippen LogP contribution in [0.1, 0.15) is 24.5 Å². The van der Waals surface area contributed by atoms with Gasteiger partial charge in [0.25, 0.3) is 0 Å². The molecular formula is C14H16O2. The number of cyclic esters (lactones) is 1. The van der Waals surface area contributed by atoms with Crippen LogP contribution in [0.25, 0.3) is 0 Å². The molecule has 1 heterocycles. The minimum absolute atomic E-state index is 0.0218. The van der Waals surface area contributed by atoms with E-state index < -0.39 is 0 Å². The standard InChI is InChI=1S/C14H16O2/c1-10-3-6-12(7-4-10)9-13-8-5-11(2)16-14(13)15/h3-7,13H,8-9H2,1-2H3. The van der Waals surface area contributed by atoms with Gasteiger partial charge in [0.05, 0.1) is 5.92 Å². The van der Waals surface area contributed by atoms with Crippen molar-refractivity contribution >= 4 is 5.97 Å². The molecule has 0 bridgehead atoms. The fourth-order valence-corrected chi connectivity index (χ4v) is 1.86. The number of allylic oxidation sites excluding steroid dienone is 2. The summed E-state index contributed by atoms with van der Waals surface area (Å²) in [5.74, 6) is 0.608. The van der Waals surface area contributed by atoms with Crippen molar-refractivity contribution in [2.45, 2.75) is 26.7 Å². The van der Waals surface area contributed by atoms with Crippen LogP contribution in [0.4, 0.5) is 0 Å². The molecule has 1 unspecified atom stereocenters. The lowest BCUT2D eigenvalue weighted by Gasteiger charge is -2.19. The van der Waals surface area contributed by atoms with Gasteiger partial charge in [-0.2, -0.15) is 0 Å². The smallest absolute Gasteiger partial charge is 0.314 e. The summed E-state index contributed by atoms with van der Waals surface area (Å²) in [7, 11) is 0. The molecule has 2 heteroatoms. The first kappa shape index (κ1) is 10.9. The molecule has 0 N–H and O–H groups in total. The van der Waals surface area contributed by atoms with Gasteiger partial charge in [0.2, 0.25) is 0 Å². The Morgan fingerprint density at radius 3 is 2.56 bits per heavy atom. The molecule has 0 amide bonds. The Bertz CT molecular complexity index is 415. The van der Waals surface area contributed by atoms with Crippen LogP contribution in [0.3, 0.4) is 0 Å². The van der Waals surface area contributed by atoms with E-state index in [9.17, 15) is 4.79 Å². The van der Waals surface area contributed by atoms with E-state index >= 15 is 0 Å². The molecule has 0 saturated heterocycles. The van der Waals surface area contributed by atoms with E-state index in [4.69, 9.17) is 4.74 Å². The third-order valence-corrected chi connectivity index (χ3v) is 2.89. The van der Waals surface area contributed by atoms with E-state index in [2.05, 4.69) is 31.2 Å². The Morgan fingerprint density at radius 2 is 1.94 bits per heavy atom. The van der Waals surface area contributed by atoms with Gasteiger partial charge in [-0.3, -0.25) is 4.79 Å². The number of carbonyl (C=O) groups excluding carboxylic acids is 1. The minimum Gasteiger partial charge on any atom is -0.431 e. The Labute approximate surface area is 95.9 Å². The van der Waals surface area contributed by atoms with Gasteiger partial charge in [-0.25, -0.2) is 0 Å². The molecule has 1 aliphatic rings. The van der Waals surface area contributed by atoms with Crippen molar-refractivity contribution in [2.24, 2.45) is 5.92 Å². The molecule has 1 aromatic carbocycles. The average Bonchev–Trinajstić information content (AvgIpc) is 2.25. The maximum absolute atomic E-state index is 11.6. The Balaban J connectivity index is 2.05. The van der Waals surface area contributed by atoms with Gasteiger partial charge >= 0.3 is 5.97 Å². The highest BCUT2D eigenvalue weighted by molar-refractivity contribution is 5.75. The summed E-state index contributed by atoms with van der Waals surface area (Å²) in [4.78, 5) is 11.6. The van der Waals surface area contributed by atoms with Crippen LogP contribution in [0.15, 0.2) is 36.1 Å². The van der Waals surface area contributed by atoms with E-state index in [-0.39, 0.29) is 11.9 Å². The minimum atomic E-state index is -0.0967. The van der Waals surface area contributed by atoms with Crippen LogP contribution >= 0.6 is 0 Å². The van der Waals surface area contributed by atoms with E-state index in [1.807, 2.05) is 13.0 Å². The molecule has 0 radical (unpaired) electrons. The van der Waals surface area contributed by atoms with Crippen molar-refractivity contribution < 1.29 is 9.53 Å². The Morgan fingerprint density at radius 1 is 1.25 bits per heavy atom. The first-order valence-electron chi connectivity index (χ1n) is 5.59. The second kappa shape index (κ2) is 4.52. The highest BCUT2D eigenvalue weighted by Crippen LogP contribution is 2.21. The zero-order valence-electron chi connectivity index (χ0n) is 9.69. The Hall–Kier alpha value is -1.57. The normalized spacial score (nSPS) is 20.2. The van der Waals surface area contributed by atoms with Crippen LogP contribution in [0, 0.1) is 12.8 Å². The van der Waals surface area contributed by atoms with Crippen molar-refractivity contribution in [2.75, 3.05) is 0 Å². The topological polar surface area (TPSA) is 26.3 Å². The van der Waals surface area contributed by atoms with Gasteiger partial charge in [0, 0.05) is 0 Å². The molecule has 1 atom stereocenters. The number of ether oxygens (including phenoxy) is 1. The van der Waals surface area contributed by atoms with E-state index in [1.165, 1.54) is 11.1 Å². The SMILES string of the molecule is CC1=CCC(Cc2ccc(C)cc2)C(=O)O1. The molecule has 0 spiro atoms. The second-order valence-electron chi connectivity index (χ2n) is 4.36. The molecule has 16 heavy (non-hydrogen) atoms. The highest BCUT2D eigenvalue weighted by Gasteiger charge is 2.23. The van der Waals surface area contributed by atoms with Gasteiger partial charge in [0.15, 0.2) is 0 Å². The van der Waals surface area contributed by atoms with Gasteiger partial charge in [-0.05, 0) is 38.3 Å². The van der Waals surface area contributed by atoms with Crippen molar-refractivity contribution in [3.05, 3.63) is 47.2 Å². The number of esters is 1. The van der Waals surface area contributed by atoms with Crippen molar-refractivity contribution in [3.63, 3.8) is 0 Å². The monoisotopic (exact) mass is 216 g/mol. The number of aryl methyl sites for hydroxylation is 1. The van der Waals surface area contributed by atoms with E-state index in [0.29, 0.717) is 0 Å². The average molecular weight is 216 g/mol. The van der Waals surface area contributed by atoms with Crippen LogP contribution in [-0.2, 0) is 16.0 Å². The molecule has 0 aromatic heterocycles. The zero-order chi connectivity index (χ0) is 11.5. The molecule has 84 valence electrons. The molecule has 0 saturated carbocycles. The van der Waals surface area contributed by atoms with Crippen LogP contribution in [0.5, 0.6) is 0 Å². The molecule has 0 aliphatic carbocycles. The van der Waals surface area contributed by atoms with Gasteiger partial charge in [-0.1, -0.05) is 29.8 Å². The maximum atomic E-state index is 11.6. The summed E-state index contributed by atoms with van der Waals surface area (Å²) in [6.07, 6.45) is 3.54. The predicted octanol–water partition coefficient (Wildman–Crippen LogP) is 3.00. The largest absolute Gasteiger partial charge is 0.431 e. The van der Waals surface area contributed by atoms with Gasteiger partial charge in [-0.15, -0.1) is 0 Å². The summed E-state index contributed by atoms with van der Waals surface area (Å²) < 4.78 is 5.12. The quantitative estimate of drug-likeness (QED) is 0.710. The number of hydrogen-bond donors (Lipinski definition) is 0. The molecule has 1 aliphatic heterocycles. The lowest BCUT2D eigenvalue weighted by atomic mass is 9.94. The fraction of sp³-hybridized carbons (Fsp3) is 0.357. The van der Waals surface area contributed by atoms with Crippen LogP contribution < -0.4 is 0 Å². The molecule has 2 nitrogen and oxygen atoms in total. The number of hydrogen-bond acceptors (Lipinski definition) is 2. The first-order valence-corrected chi connectivity index (χ1v) is 5.59. The predicted molar refractivity (Wildman–Crippen MR) is 62.8 cm³/mol. The summed E-state index contributed by atoms with van der Waals surface area (Å²) in [5, 5.41) is 0. The third-order valence-electron chi connectivity index (χ3n) is 2.89. The third kappa shape index (κ3) is 2.51. The van der Waals surface area contributed by atoms with E-state index in [1.54, 1.807) is 0 Å². The highest BCUT2D eigenvalue weighted by atomic mass is 16.5. The summed E-state index contributed by atoms with van der Waals surface area (Å²) in [5.41, 5.74) is 2.44. The Kier molecular flexibility index (Phi) is 3.09. The number of carbonyl (C=O) groups is 1. The van der Waals surface area contributed by atoms with Crippen molar-refractivity contribution in [1.82, 2.24) is 0 Å². The van der Waals surface area contributed by atoms with Gasteiger partial charge in [0.1, 0.15) is 5.76 Å². The van der Waals surface area contributed by atoms with E-state index in [0.717, 1.165) is 18.6 Å². The van der Waals surface area contributed by atoms with Crippen molar-refractivity contribution in [1.29, 1.82) is 0 Å². The lowest BCUT2D eigenvalue weighted by Crippen LogP contribution is -2.22. The first-order chi connectivity index (χ1) is 7.65. The molecular weight excluding hydrogens is 200 g/mol. The van der Waals surface area contributed by atoms with Crippen LogP contribution in [0.2, 0.25) is 0 Å². The molecule has 2 rings (SSSR count). The number of rotatable bonds is 2. The summed E-state index contributed by atoms with van der Waals surface area (Å²) in [6, 6.07) is 8.30. The van der Waals surface area contributed by atoms with Crippen molar-refractivity contribution in [3.8, 4) is 0 Å². The maximum Gasteiger partial charge on any atom is 0.314 e. The van der Waals surface area contributed by atoms with Gasteiger partial charge < -0.3 is 4.74 Å². The fourth-order valence-electron chi connectivity index (χ4n) is 1.86. The zero-order valence-corrected chi connectivity index (χ0v) is 9.69. The molecule has 0 fully saturated rings.